The van der Waals surface area contributed by atoms with Crippen LogP contribution < -0.4 is 0 Å². The lowest BCUT2D eigenvalue weighted by Crippen LogP contribution is -2.07. The van der Waals surface area contributed by atoms with Crippen LogP contribution in [0.1, 0.15) is 39.5 Å². The summed E-state index contributed by atoms with van der Waals surface area (Å²) in [7, 11) is 0. The van der Waals surface area contributed by atoms with Crippen molar-refractivity contribution in [1.82, 2.24) is 0 Å². The topological polar surface area (TPSA) is 50.1 Å². The zero-order valence-corrected chi connectivity index (χ0v) is 8.88. The SMILES string of the molecule is CCC=C(C#N)C(=O)OCCCCC. The molecule has 0 radical (unpaired) electrons. The first-order valence-electron chi connectivity index (χ1n) is 5.03. The lowest BCUT2D eigenvalue weighted by Gasteiger charge is -2.02. The lowest BCUT2D eigenvalue weighted by atomic mass is 10.2. The van der Waals surface area contributed by atoms with E-state index in [0.717, 1.165) is 19.3 Å². The van der Waals surface area contributed by atoms with E-state index in [9.17, 15) is 4.79 Å². The Kier molecular flexibility index (Phi) is 7.53. The van der Waals surface area contributed by atoms with Crippen molar-refractivity contribution >= 4 is 5.97 Å². The number of nitrogens with zero attached hydrogens (tertiary/aromatic N) is 1. The van der Waals surface area contributed by atoms with Crippen molar-refractivity contribution in [2.45, 2.75) is 39.5 Å². The molecule has 0 unspecified atom stereocenters. The van der Waals surface area contributed by atoms with E-state index in [1.165, 1.54) is 0 Å². The van der Waals surface area contributed by atoms with Gasteiger partial charge in [0.05, 0.1) is 6.61 Å². The first-order valence-corrected chi connectivity index (χ1v) is 5.03. The van der Waals surface area contributed by atoms with Crippen molar-refractivity contribution in [3.63, 3.8) is 0 Å². The standard InChI is InChI=1S/C11H17NO2/c1-3-5-6-8-14-11(13)10(9-12)7-4-2/h7H,3-6,8H2,1-2H3. The number of nitriles is 1. The number of hydrogen-bond acceptors (Lipinski definition) is 3. The van der Waals surface area contributed by atoms with Gasteiger partial charge < -0.3 is 4.74 Å². The van der Waals surface area contributed by atoms with Crippen molar-refractivity contribution < 1.29 is 9.53 Å². The number of carbonyl (C=O) groups is 1. The molecule has 0 heterocycles. The first-order chi connectivity index (χ1) is 6.76. The van der Waals surface area contributed by atoms with E-state index < -0.39 is 5.97 Å². The van der Waals surface area contributed by atoms with Crippen molar-refractivity contribution in [3.05, 3.63) is 11.6 Å². The maximum atomic E-state index is 11.2. The Balaban J connectivity index is 3.84. The largest absolute Gasteiger partial charge is 0.462 e. The highest BCUT2D eigenvalue weighted by molar-refractivity contribution is 5.92. The molecule has 0 aliphatic heterocycles. The van der Waals surface area contributed by atoms with Gasteiger partial charge in [0.15, 0.2) is 0 Å². The van der Waals surface area contributed by atoms with Crippen LogP contribution in [0.15, 0.2) is 11.6 Å². The fourth-order valence-electron chi connectivity index (χ4n) is 0.973. The van der Waals surface area contributed by atoms with Crippen LogP contribution in [0.3, 0.4) is 0 Å². The molecule has 0 spiro atoms. The van der Waals surface area contributed by atoms with Gasteiger partial charge in [-0.05, 0) is 12.8 Å². The molecule has 0 aliphatic carbocycles. The number of ether oxygens (including phenoxy) is 1. The quantitative estimate of drug-likeness (QED) is 0.283. The third-order valence-corrected chi connectivity index (χ3v) is 1.73. The summed E-state index contributed by atoms with van der Waals surface area (Å²) in [6, 6.07) is 1.83. The molecule has 78 valence electrons. The summed E-state index contributed by atoms with van der Waals surface area (Å²) in [6.07, 6.45) is 5.27. The van der Waals surface area contributed by atoms with Crippen LogP contribution in [0.5, 0.6) is 0 Å². The van der Waals surface area contributed by atoms with E-state index in [1.54, 1.807) is 6.08 Å². The molecular formula is C11H17NO2. The number of unbranched alkanes of at least 4 members (excludes halogenated alkanes) is 2. The van der Waals surface area contributed by atoms with Gasteiger partial charge in [0.2, 0.25) is 0 Å². The van der Waals surface area contributed by atoms with Crippen LogP contribution >= 0.6 is 0 Å². The summed E-state index contributed by atoms with van der Waals surface area (Å²) >= 11 is 0. The van der Waals surface area contributed by atoms with Crippen LogP contribution in [0.25, 0.3) is 0 Å². The Bertz CT molecular complexity index is 238. The van der Waals surface area contributed by atoms with Gasteiger partial charge in [-0.3, -0.25) is 0 Å². The summed E-state index contributed by atoms with van der Waals surface area (Å²) in [5, 5.41) is 8.61. The van der Waals surface area contributed by atoms with Crippen molar-refractivity contribution in [2.75, 3.05) is 6.61 Å². The molecule has 14 heavy (non-hydrogen) atoms. The molecule has 0 aromatic rings. The molecule has 0 atom stereocenters. The predicted octanol–water partition coefficient (Wildman–Crippen LogP) is 2.58. The molecule has 0 bridgehead atoms. The van der Waals surface area contributed by atoms with Crippen molar-refractivity contribution in [2.24, 2.45) is 0 Å². The lowest BCUT2D eigenvalue weighted by molar-refractivity contribution is -0.138. The molecule has 3 nitrogen and oxygen atoms in total. The molecule has 3 heteroatoms. The Morgan fingerprint density at radius 3 is 2.64 bits per heavy atom. The molecule has 0 aromatic heterocycles. The fraction of sp³-hybridized carbons (Fsp3) is 0.636. The molecule has 0 amide bonds. The summed E-state index contributed by atoms with van der Waals surface area (Å²) in [6.45, 7) is 4.37. The molecule has 0 N–H and O–H groups in total. The van der Waals surface area contributed by atoms with Gasteiger partial charge in [0.25, 0.3) is 0 Å². The molecule has 0 aromatic carbocycles. The number of rotatable bonds is 6. The third kappa shape index (κ3) is 5.36. The zero-order valence-electron chi connectivity index (χ0n) is 8.88. The van der Waals surface area contributed by atoms with Crippen LogP contribution in [-0.4, -0.2) is 12.6 Å². The maximum Gasteiger partial charge on any atom is 0.348 e. The highest BCUT2D eigenvalue weighted by Crippen LogP contribution is 2.01. The van der Waals surface area contributed by atoms with Gasteiger partial charge in [0, 0.05) is 0 Å². The average molecular weight is 195 g/mol. The maximum absolute atomic E-state index is 11.2. The normalized spacial score (nSPS) is 10.8. The fourth-order valence-corrected chi connectivity index (χ4v) is 0.973. The Morgan fingerprint density at radius 2 is 2.14 bits per heavy atom. The minimum atomic E-state index is -0.495. The van der Waals surface area contributed by atoms with Crippen molar-refractivity contribution in [3.8, 4) is 6.07 Å². The zero-order chi connectivity index (χ0) is 10.8. The molecular weight excluding hydrogens is 178 g/mol. The van der Waals surface area contributed by atoms with E-state index in [0.29, 0.717) is 13.0 Å². The van der Waals surface area contributed by atoms with E-state index in [-0.39, 0.29) is 5.57 Å². The molecule has 0 rings (SSSR count). The Hall–Kier alpha value is -1.30. The van der Waals surface area contributed by atoms with Crippen LogP contribution in [-0.2, 0) is 9.53 Å². The monoisotopic (exact) mass is 195 g/mol. The second kappa shape index (κ2) is 8.31. The highest BCUT2D eigenvalue weighted by Gasteiger charge is 2.08. The second-order valence-electron chi connectivity index (χ2n) is 2.98. The van der Waals surface area contributed by atoms with E-state index in [4.69, 9.17) is 10.00 Å². The van der Waals surface area contributed by atoms with Gasteiger partial charge in [-0.15, -0.1) is 0 Å². The summed E-state index contributed by atoms with van der Waals surface area (Å²) in [5.41, 5.74) is 0.115. The molecule has 0 saturated carbocycles. The van der Waals surface area contributed by atoms with E-state index in [1.807, 2.05) is 13.0 Å². The van der Waals surface area contributed by atoms with Gasteiger partial charge in [-0.25, -0.2) is 4.79 Å². The third-order valence-electron chi connectivity index (χ3n) is 1.73. The molecule has 0 saturated heterocycles. The Morgan fingerprint density at radius 1 is 1.43 bits per heavy atom. The van der Waals surface area contributed by atoms with Gasteiger partial charge >= 0.3 is 5.97 Å². The van der Waals surface area contributed by atoms with Crippen molar-refractivity contribution in [1.29, 1.82) is 5.26 Å². The van der Waals surface area contributed by atoms with Crippen LogP contribution in [0, 0.1) is 11.3 Å². The smallest absolute Gasteiger partial charge is 0.348 e. The Labute approximate surface area is 85.4 Å². The summed E-state index contributed by atoms with van der Waals surface area (Å²) < 4.78 is 4.92. The first kappa shape index (κ1) is 12.7. The highest BCUT2D eigenvalue weighted by atomic mass is 16.5. The van der Waals surface area contributed by atoms with Crippen LogP contribution in [0.2, 0.25) is 0 Å². The molecule has 0 fully saturated rings. The number of carbonyl (C=O) groups excluding carboxylic acids is 1. The minimum absolute atomic E-state index is 0.115. The van der Waals surface area contributed by atoms with E-state index in [2.05, 4.69) is 6.92 Å². The average Bonchev–Trinajstić information content (AvgIpc) is 2.20. The van der Waals surface area contributed by atoms with Gasteiger partial charge in [0.1, 0.15) is 11.6 Å². The number of esters is 1. The number of allylic oxidation sites excluding steroid dienone is 1. The van der Waals surface area contributed by atoms with Gasteiger partial charge in [-0.2, -0.15) is 5.26 Å². The minimum Gasteiger partial charge on any atom is -0.462 e. The summed E-state index contributed by atoms with van der Waals surface area (Å²) in [5.74, 6) is -0.495. The second-order valence-corrected chi connectivity index (χ2v) is 2.98. The van der Waals surface area contributed by atoms with E-state index >= 15 is 0 Å². The molecule has 0 aliphatic rings. The number of hydrogen-bond donors (Lipinski definition) is 0. The summed E-state index contributed by atoms with van der Waals surface area (Å²) in [4.78, 5) is 11.2. The van der Waals surface area contributed by atoms with Gasteiger partial charge in [-0.1, -0.05) is 32.8 Å². The van der Waals surface area contributed by atoms with Crippen LogP contribution in [0.4, 0.5) is 0 Å². The predicted molar refractivity (Wildman–Crippen MR) is 54.5 cm³/mol.